The lowest BCUT2D eigenvalue weighted by atomic mass is 10.4. The quantitative estimate of drug-likeness (QED) is 0.168. The molecule has 7 nitrogen and oxygen atoms in total. The first-order chi connectivity index (χ1) is 9.78. The molecular formula is C13H35N7. The number of nitrogens with one attached hydrogen (secondary N) is 3. The summed E-state index contributed by atoms with van der Waals surface area (Å²) in [5.41, 5.74) is 11.2. The van der Waals surface area contributed by atoms with Gasteiger partial charge in [0.25, 0.3) is 0 Å². The Kier molecular flexibility index (Phi) is 14.9. The lowest BCUT2D eigenvalue weighted by Gasteiger charge is -2.23. The number of hydrogen-bond acceptors (Lipinski definition) is 7. The molecule has 0 radical (unpaired) electrons. The van der Waals surface area contributed by atoms with Gasteiger partial charge in [0.1, 0.15) is 0 Å². The van der Waals surface area contributed by atoms with Gasteiger partial charge in [0, 0.05) is 72.1 Å². The molecule has 0 aliphatic rings. The summed E-state index contributed by atoms with van der Waals surface area (Å²) in [5, 5.41) is 9.87. The molecule has 0 aromatic heterocycles. The molecule has 0 aliphatic carbocycles. The van der Waals surface area contributed by atoms with Crippen LogP contribution in [0.4, 0.5) is 0 Å². The molecule has 122 valence electrons. The molecule has 0 unspecified atom stereocenters. The van der Waals surface area contributed by atoms with Gasteiger partial charge in [0.15, 0.2) is 0 Å². The maximum Gasteiger partial charge on any atom is 0.0456 e. The third-order valence-corrected chi connectivity index (χ3v) is 3.27. The fraction of sp³-hybridized carbons (Fsp3) is 1.00. The summed E-state index contributed by atoms with van der Waals surface area (Å²) < 4.78 is 0. The van der Waals surface area contributed by atoms with E-state index in [0.29, 0.717) is 13.2 Å². The second-order valence-corrected chi connectivity index (χ2v) is 4.89. The van der Waals surface area contributed by atoms with Crippen molar-refractivity contribution in [2.75, 3.05) is 86.2 Å². The van der Waals surface area contributed by atoms with Gasteiger partial charge < -0.3 is 27.4 Å². The SMILES string of the molecule is CNCCN(CCNC)CCNCCN(CN)CCN. The van der Waals surface area contributed by atoms with Crippen LogP contribution in [0.1, 0.15) is 0 Å². The van der Waals surface area contributed by atoms with E-state index in [2.05, 4.69) is 25.8 Å². The minimum atomic E-state index is 0.579. The van der Waals surface area contributed by atoms with E-state index in [0.717, 1.165) is 58.9 Å². The molecule has 20 heavy (non-hydrogen) atoms. The van der Waals surface area contributed by atoms with Gasteiger partial charge in [0.05, 0.1) is 0 Å². The highest BCUT2D eigenvalue weighted by Gasteiger charge is 2.04. The maximum absolute atomic E-state index is 5.65. The Morgan fingerprint density at radius 1 is 0.700 bits per heavy atom. The molecule has 0 bridgehead atoms. The highest BCUT2D eigenvalue weighted by Crippen LogP contribution is 1.86. The molecule has 7 heteroatoms. The number of nitrogens with two attached hydrogens (primary N) is 2. The van der Waals surface area contributed by atoms with Gasteiger partial charge in [-0.1, -0.05) is 0 Å². The molecule has 0 aliphatic heterocycles. The predicted octanol–water partition coefficient (Wildman–Crippen LogP) is -2.51. The smallest absolute Gasteiger partial charge is 0.0456 e. The minimum absolute atomic E-state index is 0.579. The van der Waals surface area contributed by atoms with E-state index in [-0.39, 0.29) is 0 Å². The van der Waals surface area contributed by atoms with E-state index in [9.17, 15) is 0 Å². The largest absolute Gasteiger partial charge is 0.329 e. The van der Waals surface area contributed by atoms with Gasteiger partial charge in [-0.3, -0.25) is 9.80 Å². The van der Waals surface area contributed by atoms with Crippen molar-refractivity contribution in [3.63, 3.8) is 0 Å². The summed E-state index contributed by atoms with van der Waals surface area (Å²) in [6.07, 6.45) is 0. The van der Waals surface area contributed by atoms with Gasteiger partial charge in [-0.2, -0.15) is 0 Å². The lowest BCUT2D eigenvalue weighted by molar-refractivity contribution is 0.264. The number of nitrogens with zero attached hydrogens (tertiary/aromatic N) is 2. The van der Waals surface area contributed by atoms with Gasteiger partial charge >= 0.3 is 0 Å². The number of hydrogen-bond donors (Lipinski definition) is 5. The molecule has 0 rings (SSSR count). The van der Waals surface area contributed by atoms with Crippen LogP contribution in [0.15, 0.2) is 0 Å². The van der Waals surface area contributed by atoms with E-state index in [1.165, 1.54) is 0 Å². The van der Waals surface area contributed by atoms with Crippen LogP contribution in [-0.2, 0) is 0 Å². The third-order valence-electron chi connectivity index (χ3n) is 3.27. The predicted molar refractivity (Wildman–Crippen MR) is 86.8 cm³/mol. The Labute approximate surface area is 124 Å². The Hall–Kier alpha value is -0.280. The molecular weight excluding hydrogens is 254 g/mol. The molecule has 0 saturated carbocycles. The van der Waals surface area contributed by atoms with Crippen molar-refractivity contribution in [2.24, 2.45) is 11.5 Å². The Balaban J connectivity index is 3.64. The molecule has 0 atom stereocenters. The summed E-state index contributed by atoms with van der Waals surface area (Å²) in [5.74, 6) is 0. The highest BCUT2D eigenvalue weighted by atomic mass is 15.2. The van der Waals surface area contributed by atoms with E-state index < -0.39 is 0 Å². The van der Waals surface area contributed by atoms with Crippen LogP contribution in [0, 0.1) is 0 Å². The summed E-state index contributed by atoms with van der Waals surface area (Å²) in [4.78, 5) is 4.62. The molecule has 0 aromatic carbocycles. The van der Waals surface area contributed by atoms with Crippen molar-refractivity contribution in [3.05, 3.63) is 0 Å². The van der Waals surface area contributed by atoms with Crippen LogP contribution < -0.4 is 27.4 Å². The van der Waals surface area contributed by atoms with Gasteiger partial charge in [-0.25, -0.2) is 0 Å². The average molecular weight is 289 g/mol. The van der Waals surface area contributed by atoms with E-state index in [4.69, 9.17) is 11.5 Å². The van der Waals surface area contributed by atoms with Gasteiger partial charge in [0.2, 0.25) is 0 Å². The van der Waals surface area contributed by atoms with E-state index in [1.54, 1.807) is 0 Å². The fourth-order valence-electron chi connectivity index (χ4n) is 1.95. The topological polar surface area (TPSA) is 94.6 Å². The van der Waals surface area contributed by atoms with Crippen LogP contribution in [0.5, 0.6) is 0 Å². The first kappa shape index (κ1) is 19.7. The zero-order chi connectivity index (χ0) is 15.1. The van der Waals surface area contributed by atoms with Crippen LogP contribution in [0.2, 0.25) is 0 Å². The zero-order valence-corrected chi connectivity index (χ0v) is 13.3. The van der Waals surface area contributed by atoms with Crippen LogP contribution in [-0.4, -0.2) is 96.0 Å². The average Bonchev–Trinajstić information content (AvgIpc) is 2.47. The standard InChI is InChI=1S/C13H35N7/c1-16-4-9-19(10-5-17-2)11-6-18-7-12-20(13-15)8-3-14/h16-18H,3-15H2,1-2H3. The highest BCUT2D eigenvalue weighted by molar-refractivity contribution is 4.63. The first-order valence-corrected chi connectivity index (χ1v) is 7.63. The van der Waals surface area contributed by atoms with Crippen molar-refractivity contribution in [1.29, 1.82) is 0 Å². The van der Waals surface area contributed by atoms with Crippen molar-refractivity contribution >= 4 is 0 Å². The van der Waals surface area contributed by atoms with Crippen molar-refractivity contribution < 1.29 is 0 Å². The second-order valence-electron chi connectivity index (χ2n) is 4.89. The third kappa shape index (κ3) is 11.5. The van der Waals surface area contributed by atoms with Crippen molar-refractivity contribution in [3.8, 4) is 0 Å². The summed E-state index contributed by atoms with van der Waals surface area (Å²) in [6.45, 7) is 10.3. The minimum Gasteiger partial charge on any atom is -0.329 e. The lowest BCUT2D eigenvalue weighted by Crippen LogP contribution is -2.42. The number of likely N-dealkylation sites (N-methyl/N-ethyl adjacent to an activating group) is 2. The summed E-state index contributed by atoms with van der Waals surface area (Å²) >= 11 is 0. The second kappa shape index (κ2) is 15.1. The first-order valence-electron chi connectivity index (χ1n) is 7.63. The summed E-state index contributed by atoms with van der Waals surface area (Å²) in [7, 11) is 3.99. The van der Waals surface area contributed by atoms with E-state index in [1.807, 2.05) is 14.1 Å². The Morgan fingerprint density at radius 2 is 1.20 bits per heavy atom. The molecule has 0 fully saturated rings. The van der Waals surface area contributed by atoms with Gasteiger partial charge in [-0.15, -0.1) is 0 Å². The number of rotatable bonds is 15. The van der Waals surface area contributed by atoms with Crippen molar-refractivity contribution in [1.82, 2.24) is 25.8 Å². The monoisotopic (exact) mass is 289 g/mol. The zero-order valence-electron chi connectivity index (χ0n) is 13.3. The van der Waals surface area contributed by atoms with Crippen LogP contribution in [0.3, 0.4) is 0 Å². The molecule has 0 heterocycles. The fourth-order valence-corrected chi connectivity index (χ4v) is 1.95. The molecule has 0 saturated heterocycles. The summed E-state index contributed by atoms with van der Waals surface area (Å²) in [6, 6.07) is 0. The molecule has 0 amide bonds. The van der Waals surface area contributed by atoms with Gasteiger partial charge in [-0.05, 0) is 14.1 Å². The van der Waals surface area contributed by atoms with E-state index >= 15 is 0 Å². The van der Waals surface area contributed by atoms with Crippen molar-refractivity contribution in [2.45, 2.75) is 0 Å². The van der Waals surface area contributed by atoms with Crippen LogP contribution >= 0.6 is 0 Å². The Morgan fingerprint density at radius 3 is 1.65 bits per heavy atom. The maximum atomic E-state index is 5.65. The molecule has 7 N–H and O–H groups in total. The Bertz CT molecular complexity index is 184. The van der Waals surface area contributed by atoms with Crippen LogP contribution in [0.25, 0.3) is 0 Å². The normalized spacial score (nSPS) is 11.7. The molecule has 0 aromatic rings. The molecule has 0 spiro atoms.